The lowest BCUT2D eigenvalue weighted by atomic mass is 9.96. The van der Waals surface area contributed by atoms with Gasteiger partial charge in [0.25, 0.3) is 0 Å². The molecule has 1 aliphatic rings. The van der Waals surface area contributed by atoms with E-state index < -0.39 is 0 Å². The van der Waals surface area contributed by atoms with Crippen molar-refractivity contribution in [2.45, 2.75) is 0 Å². The van der Waals surface area contributed by atoms with Crippen molar-refractivity contribution < 1.29 is 14.9 Å². The van der Waals surface area contributed by atoms with Crippen LogP contribution >= 0.6 is 0 Å². The van der Waals surface area contributed by atoms with Crippen LogP contribution in [0.5, 0.6) is 23.0 Å². The van der Waals surface area contributed by atoms with Crippen molar-refractivity contribution in [1.82, 2.24) is 0 Å². The van der Waals surface area contributed by atoms with E-state index in [0.717, 1.165) is 26.9 Å². The van der Waals surface area contributed by atoms with Gasteiger partial charge >= 0.3 is 0 Å². The van der Waals surface area contributed by atoms with E-state index in [-0.39, 0.29) is 11.5 Å². The van der Waals surface area contributed by atoms with Gasteiger partial charge in [-0.05, 0) is 22.2 Å². The largest absolute Gasteiger partial charge is 0.504 e. The number of aromatic hydroxyl groups is 2. The van der Waals surface area contributed by atoms with Crippen molar-refractivity contribution in [3.8, 4) is 23.0 Å². The molecule has 0 aromatic heterocycles. The Kier molecular flexibility index (Phi) is 1.74. The maximum atomic E-state index is 10.2. The fourth-order valence-electron chi connectivity index (χ4n) is 3.16. The van der Waals surface area contributed by atoms with Crippen molar-refractivity contribution in [3.05, 3.63) is 48.5 Å². The third-order valence-corrected chi connectivity index (χ3v) is 4.20. The van der Waals surface area contributed by atoms with Crippen LogP contribution in [0.2, 0.25) is 0 Å². The molecule has 0 fully saturated rings. The van der Waals surface area contributed by atoms with Crippen molar-refractivity contribution in [3.63, 3.8) is 0 Å². The first-order chi connectivity index (χ1) is 10.3. The molecule has 2 N–H and O–H groups in total. The minimum absolute atomic E-state index is 0.115. The van der Waals surface area contributed by atoms with Gasteiger partial charge in [0.15, 0.2) is 11.5 Å². The maximum absolute atomic E-state index is 10.2. The van der Waals surface area contributed by atoms with Gasteiger partial charge in [-0.3, -0.25) is 0 Å². The van der Waals surface area contributed by atoms with Crippen LogP contribution in [0.3, 0.4) is 0 Å². The fraction of sp³-hybridized carbons (Fsp3) is 0. The monoisotopic (exact) mass is 274 g/mol. The van der Waals surface area contributed by atoms with E-state index in [2.05, 4.69) is 24.3 Å². The second kappa shape index (κ2) is 3.38. The molecule has 0 unspecified atom stereocenters. The Balaban J connectivity index is 2.15. The molecule has 0 atom stereocenters. The highest BCUT2D eigenvalue weighted by Crippen LogP contribution is 2.62. The molecule has 0 radical (unpaired) electrons. The summed E-state index contributed by atoms with van der Waals surface area (Å²) in [5.41, 5.74) is 0. The van der Waals surface area contributed by atoms with Crippen LogP contribution in [0, 0.1) is 0 Å². The number of rotatable bonds is 0. The van der Waals surface area contributed by atoms with Crippen LogP contribution < -0.4 is 4.74 Å². The summed E-state index contributed by atoms with van der Waals surface area (Å²) in [7, 11) is 0. The van der Waals surface area contributed by atoms with Gasteiger partial charge in [0.2, 0.25) is 11.5 Å². The minimum Gasteiger partial charge on any atom is -0.504 e. The van der Waals surface area contributed by atoms with Gasteiger partial charge in [-0.15, -0.1) is 0 Å². The number of hydrogen-bond donors (Lipinski definition) is 2. The van der Waals surface area contributed by atoms with Crippen LogP contribution in [0.25, 0.3) is 32.3 Å². The van der Waals surface area contributed by atoms with Gasteiger partial charge in [0.05, 0.1) is 0 Å². The molecule has 5 rings (SSSR count). The molecule has 0 saturated heterocycles. The third-order valence-electron chi connectivity index (χ3n) is 4.20. The Hall–Kier alpha value is -2.94. The van der Waals surface area contributed by atoms with Crippen LogP contribution in [0.15, 0.2) is 48.5 Å². The van der Waals surface area contributed by atoms with E-state index >= 15 is 0 Å². The standard InChI is InChI=1S/C18H10O3/c19-15-12-8-7-10-6-5-9-3-1-2-4-11(9)13(10)14(12)17-18(21-17)16(15)20/h1-8,19-20H. The summed E-state index contributed by atoms with van der Waals surface area (Å²) in [6, 6.07) is 16.1. The molecular weight excluding hydrogens is 264 g/mol. The zero-order valence-corrected chi connectivity index (χ0v) is 10.9. The second-order valence-electron chi connectivity index (χ2n) is 5.33. The number of hydrogen-bond acceptors (Lipinski definition) is 3. The van der Waals surface area contributed by atoms with E-state index in [1.807, 2.05) is 24.3 Å². The molecule has 1 aliphatic heterocycles. The van der Waals surface area contributed by atoms with E-state index in [0.29, 0.717) is 16.9 Å². The summed E-state index contributed by atoms with van der Waals surface area (Å²) >= 11 is 0. The molecule has 1 heterocycles. The fourth-order valence-corrected chi connectivity index (χ4v) is 3.16. The molecule has 0 spiro atoms. The lowest BCUT2D eigenvalue weighted by Crippen LogP contribution is -1.80. The predicted octanol–water partition coefficient (Wildman–Crippen LogP) is 4.66. The van der Waals surface area contributed by atoms with Crippen molar-refractivity contribution in [2.75, 3.05) is 0 Å². The highest BCUT2D eigenvalue weighted by atomic mass is 16.6. The van der Waals surface area contributed by atoms with Crippen molar-refractivity contribution >= 4 is 32.3 Å². The SMILES string of the molecule is Oc1c2c(c3c(ccc4ccc5ccccc5c43)c1O)O2. The van der Waals surface area contributed by atoms with Crippen molar-refractivity contribution in [1.29, 1.82) is 0 Å². The Morgan fingerprint density at radius 3 is 2.29 bits per heavy atom. The number of phenols is 2. The first-order valence-corrected chi connectivity index (χ1v) is 6.75. The highest BCUT2D eigenvalue weighted by Gasteiger charge is 2.33. The topological polar surface area (TPSA) is 53.0 Å². The predicted molar refractivity (Wildman–Crippen MR) is 82.4 cm³/mol. The summed E-state index contributed by atoms with van der Waals surface area (Å²) < 4.78 is 5.41. The zero-order valence-electron chi connectivity index (χ0n) is 10.9. The average Bonchev–Trinajstić information content (AvgIpc) is 3.32. The minimum atomic E-state index is -0.169. The van der Waals surface area contributed by atoms with Crippen LogP contribution in [0.4, 0.5) is 0 Å². The maximum Gasteiger partial charge on any atom is 0.216 e. The molecule has 0 bridgehead atoms. The smallest absolute Gasteiger partial charge is 0.216 e. The summed E-state index contributed by atoms with van der Waals surface area (Å²) in [5, 5.41) is 25.9. The Morgan fingerprint density at radius 1 is 0.619 bits per heavy atom. The summed E-state index contributed by atoms with van der Waals surface area (Å²) in [4.78, 5) is 0. The van der Waals surface area contributed by atoms with Crippen LogP contribution in [-0.2, 0) is 0 Å². The van der Waals surface area contributed by atoms with Crippen LogP contribution in [0.1, 0.15) is 0 Å². The van der Waals surface area contributed by atoms with Gasteiger partial charge in [-0.25, -0.2) is 0 Å². The highest BCUT2D eigenvalue weighted by molar-refractivity contribution is 6.25. The summed E-state index contributed by atoms with van der Waals surface area (Å²) in [6.45, 7) is 0. The molecular formula is C18H10O3. The van der Waals surface area contributed by atoms with Gasteiger partial charge in [0.1, 0.15) is 0 Å². The van der Waals surface area contributed by atoms with Crippen LogP contribution in [-0.4, -0.2) is 10.2 Å². The first-order valence-electron chi connectivity index (χ1n) is 6.75. The third kappa shape index (κ3) is 1.23. The Bertz CT molecular complexity index is 1080. The summed E-state index contributed by atoms with van der Waals surface area (Å²) in [6.07, 6.45) is 0. The van der Waals surface area contributed by atoms with Gasteiger partial charge in [-0.2, -0.15) is 0 Å². The van der Waals surface area contributed by atoms with E-state index in [1.54, 1.807) is 0 Å². The molecule has 0 aliphatic carbocycles. The van der Waals surface area contributed by atoms with Gasteiger partial charge in [0, 0.05) is 16.2 Å². The molecule has 0 saturated carbocycles. The molecule has 3 heteroatoms. The van der Waals surface area contributed by atoms with E-state index in [1.165, 1.54) is 0 Å². The quantitative estimate of drug-likeness (QED) is 0.245. The molecule has 21 heavy (non-hydrogen) atoms. The number of fused-ring (bicyclic) bond motifs is 7. The van der Waals surface area contributed by atoms with E-state index in [4.69, 9.17) is 4.74 Å². The molecule has 4 aromatic rings. The second-order valence-corrected chi connectivity index (χ2v) is 5.33. The normalized spacial score (nSPS) is 12.6. The molecule has 3 nitrogen and oxygen atoms in total. The first kappa shape index (κ1) is 10.8. The molecule has 4 aromatic carbocycles. The van der Waals surface area contributed by atoms with Crippen molar-refractivity contribution in [2.24, 2.45) is 0 Å². The van der Waals surface area contributed by atoms with E-state index in [9.17, 15) is 10.2 Å². The number of benzene rings is 4. The number of ether oxygens (including phenoxy) is 1. The Labute approximate surface area is 119 Å². The average molecular weight is 274 g/mol. The zero-order chi connectivity index (χ0) is 14.1. The Morgan fingerprint density at radius 2 is 1.38 bits per heavy atom. The van der Waals surface area contributed by atoms with Gasteiger partial charge in [-0.1, -0.05) is 42.5 Å². The number of phenolic OH excluding ortho intramolecular Hbond substituents is 2. The van der Waals surface area contributed by atoms with Gasteiger partial charge < -0.3 is 14.9 Å². The molecule has 0 amide bonds. The lowest BCUT2D eigenvalue weighted by molar-refractivity contribution is 0.403. The molecule has 100 valence electrons. The lowest BCUT2D eigenvalue weighted by Gasteiger charge is -2.07. The summed E-state index contributed by atoms with van der Waals surface area (Å²) in [5.74, 6) is 0.774.